The second-order valence-corrected chi connectivity index (χ2v) is 3.60. The lowest BCUT2D eigenvalue weighted by molar-refractivity contribution is 0.226. The molecule has 5 heteroatoms. The molecular formula is C11H14FN3O. The molecule has 1 aromatic heterocycles. The number of urea groups is 1. The molecule has 1 heterocycles. The summed E-state index contributed by atoms with van der Waals surface area (Å²) in [5, 5.41) is 2.54. The normalized spacial score (nSPS) is 9.69. The Morgan fingerprint density at radius 3 is 2.81 bits per heavy atom. The van der Waals surface area contributed by atoms with Gasteiger partial charge in [0.1, 0.15) is 11.6 Å². The van der Waals surface area contributed by atoms with Crippen LogP contribution in [0.3, 0.4) is 0 Å². The fourth-order valence-electron chi connectivity index (χ4n) is 1.13. The molecule has 0 aliphatic heterocycles. The number of anilines is 1. The summed E-state index contributed by atoms with van der Waals surface area (Å²) >= 11 is 0. The van der Waals surface area contributed by atoms with E-state index in [2.05, 4.69) is 16.9 Å². The van der Waals surface area contributed by atoms with Crippen LogP contribution in [0.15, 0.2) is 30.5 Å². The highest BCUT2D eigenvalue weighted by atomic mass is 19.1. The second kappa shape index (κ2) is 5.25. The van der Waals surface area contributed by atoms with Crippen molar-refractivity contribution >= 4 is 11.8 Å². The minimum absolute atomic E-state index is 0.304. The first kappa shape index (κ1) is 12.2. The van der Waals surface area contributed by atoms with Crippen LogP contribution in [-0.2, 0) is 0 Å². The standard InChI is InChI=1S/C11H14FN3O/c1-8(2)7-15(3)11(16)14-10-5-4-9(12)6-13-10/h4-6H,1,7H2,2-3H3,(H,13,14,16). The van der Waals surface area contributed by atoms with Crippen molar-refractivity contribution in [3.05, 3.63) is 36.3 Å². The Morgan fingerprint density at radius 1 is 1.62 bits per heavy atom. The lowest BCUT2D eigenvalue weighted by atomic mass is 10.3. The van der Waals surface area contributed by atoms with Gasteiger partial charge in [-0.2, -0.15) is 0 Å². The molecule has 0 atom stereocenters. The topological polar surface area (TPSA) is 45.2 Å². The Balaban J connectivity index is 2.57. The van der Waals surface area contributed by atoms with Crippen LogP contribution in [0.2, 0.25) is 0 Å². The average molecular weight is 223 g/mol. The maximum Gasteiger partial charge on any atom is 0.323 e. The van der Waals surface area contributed by atoms with E-state index in [9.17, 15) is 9.18 Å². The first-order chi connectivity index (χ1) is 7.49. The highest BCUT2D eigenvalue weighted by molar-refractivity contribution is 5.88. The Morgan fingerprint density at radius 2 is 2.31 bits per heavy atom. The van der Waals surface area contributed by atoms with Crippen molar-refractivity contribution in [1.29, 1.82) is 0 Å². The third kappa shape index (κ3) is 3.68. The van der Waals surface area contributed by atoms with Gasteiger partial charge in [-0.15, -0.1) is 0 Å². The van der Waals surface area contributed by atoms with Gasteiger partial charge in [-0.05, 0) is 19.1 Å². The summed E-state index contributed by atoms with van der Waals surface area (Å²) in [7, 11) is 1.65. The van der Waals surface area contributed by atoms with Crippen LogP contribution in [0.25, 0.3) is 0 Å². The van der Waals surface area contributed by atoms with Crippen molar-refractivity contribution in [2.24, 2.45) is 0 Å². The molecule has 0 spiro atoms. The van der Waals surface area contributed by atoms with Gasteiger partial charge in [-0.3, -0.25) is 5.32 Å². The highest BCUT2D eigenvalue weighted by Gasteiger charge is 2.08. The Labute approximate surface area is 93.8 Å². The number of aromatic nitrogens is 1. The predicted octanol–water partition coefficient (Wildman–Crippen LogP) is 2.26. The summed E-state index contributed by atoms with van der Waals surface area (Å²) < 4.78 is 12.6. The van der Waals surface area contributed by atoms with E-state index in [1.807, 2.05) is 6.92 Å². The Kier molecular flexibility index (Phi) is 3.99. The maximum atomic E-state index is 12.6. The molecule has 0 aliphatic carbocycles. The fraction of sp³-hybridized carbons (Fsp3) is 0.273. The number of carbonyl (C=O) groups is 1. The van der Waals surface area contributed by atoms with Gasteiger partial charge in [0.05, 0.1) is 6.20 Å². The van der Waals surface area contributed by atoms with Gasteiger partial charge < -0.3 is 4.90 Å². The summed E-state index contributed by atoms with van der Waals surface area (Å²) in [6, 6.07) is 2.34. The second-order valence-electron chi connectivity index (χ2n) is 3.60. The first-order valence-electron chi connectivity index (χ1n) is 4.77. The van der Waals surface area contributed by atoms with Crippen molar-refractivity contribution in [2.45, 2.75) is 6.92 Å². The van der Waals surface area contributed by atoms with Crippen LogP contribution in [0.1, 0.15) is 6.92 Å². The van der Waals surface area contributed by atoms with E-state index >= 15 is 0 Å². The number of pyridine rings is 1. The number of amides is 2. The molecule has 86 valence electrons. The molecule has 0 unspecified atom stereocenters. The minimum atomic E-state index is -0.437. The van der Waals surface area contributed by atoms with Gasteiger partial charge >= 0.3 is 6.03 Å². The molecule has 2 amide bonds. The van der Waals surface area contributed by atoms with Crippen LogP contribution >= 0.6 is 0 Å². The quantitative estimate of drug-likeness (QED) is 0.799. The zero-order chi connectivity index (χ0) is 12.1. The molecule has 0 fully saturated rings. The molecule has 1 N–H and O–H groups in total. The molecule has 1 aromatic rings. The summed E-state index contributed by atoms with van der Waals surface area (Å²) in [4.78, 5) is 16.8. The molecule has 0 aromatic carbocycles. The molecule has 0 bridgehead atoms. The van der Waals surface area contributed by atoms with E-state index in [1.165, 1.54) is 17.0 Å². The molecule has 4 nitrogen and oxygen atoms in total. The number of hydrogen-bond donors (Lipinski definition) is 1. The molecule has 0 radical (unpaired) electrons. The third-order valence-corrected chi connectivity index (χ3v) is 1.82. The van der Waals surface area contributed by atoms with Gasteiger partial charge in [0.25, 0.3) is 0 Å². The van der Waals surface area contributed by atoms with Crippen molar-refractivity contribution in [1.82, 2.24) is 9.88 Å². The lowest BCUT2D eigenvalue weighted by Gasteiger charge is -2.17. The van der Waals surface area contributed by atoms with E-state index in [4.69, 9.17) is 0 Å². The van der Waals surface area contributed by atoms with Gasteiger partial charge in [0, 0.05) is 13.6 Å². The van der Waals surface area contributed by atoms with Gasteiger partial charge in [0.2, 0.25) is 0 Å². The molecule has 0 aliphatic rings. The zero-order valence-electron chi connectivity index (χ0n) is 9.33. The summed E-state index contributed by atoms with van der Waals surface area (Å²) in [6.45, 7) is 6.01. The van der Waals surface area contributed by atoms with Crippen LogP contribution in [0.4, 0.5) is 15.0 Å². The fourth-order valence-corrected chi connectivity index (χ4v) is 1.13. The SMILES string of the molecule is C=C(C)CN(C)C(=O)Nc1ccc(F)cn1. The van der Waals surface area contributed by atoms with E-state index in [-0.39, 0.29) is 6.03 Å². The van der Waals surface area contributed by atoms with Crippen LogP contribution < -0.4 is 5.32 Å². The van der Waals surface area contributed by atoms with Gasteiger partial charge in [0.15, 0.2) is 0 Å². The summed E-state index contributed by atoms with van der Waals surface area (Å²) in [5.41, 5.74) is 0.879. The molecule has 16 heavy (non-hydrogen) atoms. The molecule has 0 saturated heterocycles. The highest BCUT2D eigenvalue weighted by Crippen LogP contribution is 2.05. The van der Waals surface area contributed by atoms with Crippen LogP contribution in [-0.4, -0.2) is 29.5 Å². The van der Waals surface area contributed by atoms with E-state index in [0.29, 0.717) is 12.4 Å². The van der Waals surface area contributed by atoms with Crippen molar-refractivity contribution in [3.63, 3.8) is 0 Å². The Bertz CT molecular complexity index is 389. The smallest absolute Gasteiger partial charge is 0.323 e. The number of carbonyl (C=O) groups excluding carboxylic acids is 1. The lowest BCUT2D eigenvalue weighted by Crippen LogP contribution is -2.32. The van der Waals surface area contributed by atoms with Crippen molar-refractivity contribution < 1.29 is 9.18 Å². The number of hydrogen-bond acceptors (Lipinski definition) is 2. The summed E-state index contributed by atoms with van der Waals surface area (Å²) in [5.74, 6) is -0.117. The zero-order valence-corrected chi connectivity index (χ0v) is 9.33. The van der Waals surface area contributed by atoms with Gasteiger partial charge in [-0.1, -0.05) is 12.2 Å². The Hall–Kier alpha value is -1.91. The monoisotopic (exact) mass is 223 g/mol. The number of rotatable bonds is 3. The number of likely N-dealkylation sites (N-methyl/N-ethyl adjacent to an activating group) is 1. The maximum absolute atomic E-state index is 12.6. The molecular weight excluding hydrogens is 209 g/mol. The molecule has 1 rings (SSSR count). The number of nitrogens with zero attached hydrogens (tertiary/aromatic N) is 2. The van der Waals surface area contributed by atoms with Crippen molar-refractivity contribution in [2.75, 3.05) is 18.9 Å². The number of nitrogens with one attached hydrogen (secondary N) is 1. The predicted molar refractivity (Wildman–Crippen MR) is 60.7 cm³/mol. The third-order valence-electron chi connectivity index (χ3n) is 1.82. The number of halogens is 1. The van der Waals surface area contributed by atoms with E-state index in [1.54, 1.807) is 7.05 Å². The van der Waals surface area contributed by atoms with E-state index in [0.717, 1.165) is 11.8 Å². The van der Waals surface area contributed by atoms with Gasteiger partial charge in [-0.25, -0.2) is 14.2 Å². The van der Waals surface area contributed by atoms with E-state index < -0.39 is 5.82 Å². The van der Waals surface area contributed by atoms with Crippen LogP contribution in [0, 0.1) is 5.82 Å². The van der Waals surface area contributed by atoms with Crippen LogP contribution in [0.5, 0.6) is 0 Å². The molecule has 0 saturated carbocycles. The summed E-state index contributed by atoms with van der Waals surface area (Å²) in [6.07, 6.45) is 1.05. The largest absolute Gasteiger partial charge is 0.324 e. The minimum Gasteiger partial charge on any atom is -0.324 e. The van der Waals surface area contributed by atoms with Crippen molar-refractivity contribution in [3.8, 4) is 0 Å². The first-order valence-corrected chi connectivity index (χ1v) is 4.77. The average Bonchev–Trinajstić information content (AvgIpc) is 2.20.